The molecule has 2 aliphatic carbocycles. The molecule has 2 aliphatic rings. The van der Waals surface area contributed by atoms with Crippen LogP contribution in [0.15, 0.2) is 182 Å². The molecule has 0 saturated carbocycles. The number of benzene rings is 10. The van der Waals surface area contributed by atoms with E-state index in [4.69, 9.17) is 0 Å². The standard InChI is InChI=1S/C66H51N/c1-64(2,3)48-24-20-38(21-25-48)47-32-55-53-30-41-18-16-39(43-22-26-51-49-12-8-10-14-57(49)65(4,5)59(51)34-43)28-45(41)36-61(53)67-62-37-46-29-40(17-19-42(46)31-54(62)56(33-47)63(55)67)44-23-27-52-50-13-9-11-15-58(50)66(6,7)60(52)35-44/h8-37H,1-7H3. The summed E-state index contributed by atoms with van der Waals surface area (Å²) >= 11 is 0. The molecule has 320 valence electrons. The zero-order chi connectivity index (χ0) is 45.3. The highest BCUT2D eigenvalue weighted by Gasteiger charge is 2.36. The van der Waals surface area contributed by atoms with Gasteiger partial charge in [0.15, 0.2) is 0 Å². The maximum Gasteiger partial charge on any atom is 0.0620 e. The Morgan fingerprint density at radius 2 is 0.746 bits per heavy atom. The Hall–Kier alpha value is -7.48. The number of nitrogens with zero attached hydrogens (tertiary/aromatic N) is 1. The van der Waals surface area contributed by atoms with Crippen molar-refractivity contribution in [1.29, 1.82) is 0 Å². The summed E-state index contributed by atoms with van der Waals surface area (Å²) in [5.74, 6) is 0. The second kappa shape index (κ2) is 13.1. The first-order chi connectivity index (χ1) is 32.3. The van der Waals surface area contributed by atoms with E-state index in [0.717, 1.165) is 0 Å². The summed E-state index contributed by atoms with van der Waals surface area (Å²) < 4.78 is 2.57. The Bertz CT molecular complexity index is 3870. The summed E-state index contributed by atoms with van der Waals surface area (Å²) in [5.41, 5.74) is 23.7. The van der Waals surface area contributed by atoms with Crippen LogP contribution in [0.3, 0.4) is 0 Å². The summed E-state index contributed by atoms with van der Waals surface area (Å²) in [7, 11) is 0. The van der Waals surface area contributed by atoms with E-state index in [1.165, 1.54) is 143 Å². The van der Waals surface area contributed by atoms with Gasteiger partial charge in [0.05, 0.1) is 16.6 Å². The van der Waals surface area contributed by atoms with Crippen molar-refractivity contribution in [2.45, 2.75) is 64.7 Å². The lowest BCUT2D eigenvalue weighted by molar-refractivity contribution is 0.590. The molecule has 0 bridgehead atoms. The minimum Gasteiger partial charge on any atom is -0.308 e. The monoisotopic (exact) mass is 857 g/mol. The molecule has 0 radical (unpaired) electrons. The molecule has 2 aromatic heterocycles. The van der Waals surface area contributed by atoms with Crippen LogP contribution in [0.25, 0.3) is 115 Å². The Kier molecular flexibility index (Phi) is 7.58. The first-order valence-electron chi connectivity index (χ1n) is 24.1. The van der Waals surface area contributed by atoms with E-state index >= 15 is 0 Å². The van der Waals surface area contributed by atoms with Crippen molar-refractivity contribution in [3.05, 3.63) is 210 Å². The number of aromatic nitrogens is 1. The molecule has 0 aliphatic heterocycles. The van der Waals surface area contributed by atoms with E-state index < -0.39 is 0 Å². The second-order valence-corrected chi connectivity index (χ2v) is 21.8. The molecule has 0 fully saturated rings. The van der Waals surface area contributed by atoms with Crippen LogP contribution in [0.2, 0.25) is 0 Å². The number of fused-ring (bicyclic) bond motifs is 14. The topological polar surface area (TPSA) is 4.41 Å². The van der Waals surface area contributed by atoms with E-state index in [0.29, 0.717) is 0 Å². The molecular formula is C66H51N. The van der Waals surface area contributed by atoms with Gasteiger partial charge in [-0.05, 0) is 171 Å². The van der Waals surface area contributed by atoms with Crippen LogP contribution in [0.1, 0.15) is 76.3 Å². The molecule has 14 rings (SSSR count). The molecule has 0 unspecified atom stereocenters. The zero-order valence-electron chi connectivity index (χ0n) is 39.3. The lowest BCUT2D eigenvalue weighted by Crippen LogP contribution is -2.14. The second-order valence-electron chi connectivity index (χ2n) is 21.8. The lowest BCUT2D eigenvalue weighted by atomic mass is 9.81. The molecule has 67 heavy (non-hydrogen) atoms. The van der Waals surface area contributed by atoms with Gasteiger partial charge in [-0.2, -0.15) is 0 Å². The van der Waals surface area contributed by atoms with Crippen molar-refractivity contribution in [3.8, 4) is 55.6 Å². The fraction of sp³-hybridized carbons (Fsp3) is 0.152. The minimum atomic E-state index is -0.0463. The lowest BCUT2D eigenvalue weighted by Gasteiger charge is -2.22. The normalized spacial score (nSPS) is 14.7. The van der Waals surface area contributed by atoms with Gasteiger partial charge in [-0.3, -0.25) is 0 Å². The zero-order valence-corrected chi connectivity index (χ0v) is 39.3. The molecule has 1 nitrogen and oxygen atoms in total. The summed E-state index contributed by atoms with van der Waals surface area (Å²) in [6.45, 7) is 16.3. The van der Waals surface area contributed by atoms with Crippen molar-refractivity contribution in [1.82, 2.24) is 4.40 Å². The van der Waals surface area contributed by atoms with Crippen molar-refractivity contribution in [2.24, 2.45) is 0 Å². The van der Waals surface area contributed by atoms with Gasteiger partial charge in [-0.15, -0.1) is 0 Å². The molecule has 1 heteroatoms. The van der Waals surface area contributed by atoms with Crippen molar-refractivity contribution >= 4 is 59.6 Å². The van der Waals surface area contributed by atoms with Gasteiger partial charge in [0.25, 0.3) is 0 Å². The van der Waals surface area contributed by atoms with Crippen LogP contribution in [0, 0.1) is 0 Å². The average molecular weight is 858 g/mol. The quantitative estimate of drug-likeness (QED) is 0.167. The number of hydrogen-bond acceptors (Lipinski definition) is 0. The van der Waals surface area contributed by atoms with E-state index in [-0.39, 0.29) is 16.2 Å². The van der Waals surface area contributed by atoms with Gasteiger partial charge in [-0.1, -0.05) is 170 Å². The highest BCUT2D eigenvalue weighted by molar-refractivity contribution is 6.27. The van der Waals surface area contributed by atoms with E-state index in [1.807, 2.05) is 0 Å². The van der Waals surface area contributed by atoms with Gasteiger partial charge in [0.1, 0.15) is 0 Å². The third kappa shape index (κ3) is 5.37. The summed E-state index contributed by atoms with van der Waals surface area (Å²) in [6.07, 6.45) is 0. The molecule has 0 saturated heterocycles. The van der Waals surface area contributed by atoms with Gasteiger partial charge in [-0.25, -0.2) is 0 Å². The minimum absolute atomic E-state index is 0.0463. The smallest absolute Gasteiger partial charge is 0.0620 e. The van der Waals surface area contributed by atoms with E-state index in [2.05, 4.69) is 235 Å². The molecule has 10 aromatic carbocycles. The Morgan fingerprint density at radius 1 is 0.328 bits per heavy atom. The molecule has 2 heterocycles. The van der Waals surface area contributed by atoms with Crippen LogP contribution in [-0.4, -0.2) is 4.40 Å². The molecule has 0 atom stereocenters. The third-order valence-electron chi connectivity index (χ3n) is 16.2. The molecule has 0 amide bonds. The summed E-state index contributed by atoms with van der Waals surface area (Å²) in [4.78, 5) is 0. The highest BCUT2D eigenvalue weighted by atomic mass is 14.9. The summed E-state index contributed by atoms with van der Waals surface area (Å²) in [6, 6.07) is 70.2. The van der Waals surface area contributed by atoms with Crippen LogP contribution in [0.5, 0.6) is 0 Å². The van der Waals surface area contributed by atoms with Crippen LogP contribution < -0.4 is 0 Å². The Labute approximate surface area is 392 Å². The van der Waals surface area contributed by atoms with Crippen molar-refractivity contribution in [2.75, 3.05) is 0 Å². The number of rotatable bonds is 3. The first kappa shape index (κ1) is 38.8. The largest absolute Gasteiger partial charge is 0.308 e. The molecular weight excluding hydrogens is 807 g/mol. The molecule has 12 aromatic rings. The van der Waals surface area contributed by atoms with Crippen molar-refractivity contribution < 1.29 is 0 Å². The van der Waals surface area contributed by atoms with Gasteiger partial charge in [0.2, 0.25) is 0 Å². The third-order valence-corrected chi connectivity index (χ3v) is 16.2. The van der Waals surface area contributed by atoms with Gasteiger partial charge in [0, 0.05) is 32.4 Å². The van der Waals surface area contributed by atoms with E-state index in [9.17, 15) is 0 Å². The maximum absolute atomic E-state index is 2.57. The first-order valence-corrected chi connectivity index (χ1v) is 24.1. The SMILES string of the molecule is CC(C)(C)c1ccc(-c2cc3c4cc5ccc(-c6ccc7c(c6)C(C)(C)c6ccccc6-7)cc5cc4n4c5cc6cc(-c7ccc8c(c7)C(C)(C)c7ccccc7-8)ccc6cc5c(c2)c34)cc1. The van der Waals surface area contributed by atoms with Crippen LogP contribution >= 0.6 is 0 Å². The van der Waals surface area contributed by atoms with Gasteiger partial charge < -0.3 is 4.40 Å². The predicted molar refractivity (Wildman–Crippen MR) is 286 cm³/mol. The Morgan fingerprint density at radius 3 is 1.22 bits per heavy atom. The number of hydrogen-bond donors (Lipinski definition) is 0. The molecule has 0 N–H and O–H groups in total. The predicted octanol–water partition coefficient (Wildman–Crippen LogP) is 18.1. The highest BCUT2D eigenvalue weighted by Crippen LogP contribution is 2.52. The fourth-order valence-corrected chi connectivity index (χ4v) is 12.5. The molecule has 0 spiro atoms. The van der Waals surface area contributed by atoms with E-state index in [1.54, 1.807) is 0 Å². The summed E-state index contributed by atoms with van der Waals surface area (Å²) in [5, 5.41) is 10.2. The fourth-order valence-electron chi connectivity index (χ4n) is 12.5. The van der Waals surface area contributed by atoms with Gasteiger partial charge >= 0.3 is 0 Å². The van der Waals surface area contributed by atoms with Crippen LogP contribution in [-0.2, 0) is 16.2 Å². The Balaban J connectivity index is 0.967. The average Bonchev–Trinajstić information content (AvgIpc) is 3.99. The van der Waals surface area contributed by atoms with Crippen molar-refractivity contribution in [3.63, 3.8) is 0 Å². The van der Waals surface area contributed by atoms with Crippen LogP contribution in [0.4, 0.5) is 0 Å². The maximum atomic E-state index is 2.57.